The van der Waals surface area contributed by atoms with E-state index in [1.165, 1.54) is 16.2 Å². The lowest BCUT2D eigenvalue weighted by atomic mass is 10.1. The zero-order valence-electron chi connectivity index (χ0n) is 12.8. The van der Waals surface area contributed by atoms with E-state index < -0.39 is 5.60 Å². The van der Waals surface area contributed by atoms with Gasteiger partial charge in [-0.1, -0.05) is 0 Å². The molecule has 0 saturated carbocycles. The van der Waals surface area contributed by atoms with Crippen LogP contribution in [0.3, 0.4) is 0 Å². The minimum atomic E-state index is -0.888. The Morgan fingerprint density at radius 2 is 2.25 bits per heavy atom. The van der Waals surface area contributed by atoms with Crippen LogP contribution < -0.4 is 0 Å². The average molecular weight is 300 g/mol. The standard InChI is InChI=1S/C14H24N2O3S/c1-6-19-10(2)13-15-11(8-20-13)7-12(17)16(5)9-14(3,4)18/h8,10,18H,6-7,9H2,1-5H3. The summed E-state index contributed by atoms with van der Waals surface area (Å²) in [6, 6.07) is 0. The second-order valence-electron chi connectivity index (χ2n) is 5.51. The van der Waals surface area contributed by atoms with Crippen molar-refractivity contribution in [2.45, 2.75) is 45.8 Å². The first-order valence-electron chi connectivity index (χ1n) is 6.75. The molecule has 1 unspecified atom stereocenters. The summed E-state index contributed by atoms with van der Waals surface area (Å²) in [6.45, 7) is 8.21. The van der Waals surface area contributed by atoms with Gasteiger partial charge in [0.1, 0.15) is 11.1 Å². The molecule has 0 aliphatic rings. The Morgan fingerprint density at radius 3 is 2.80 bits per heavy atom. The van der Waals surface area contributed by atoms with Gasteiger partial charge in [0, 0.05) is 25.6 Å². The van der Waals surface area contributed by atoms with Crippen molar-refractivity contribution in [1.29, 1.82) is 0 Å². The van der Waals surface area contributed by atoms with Gasteiger partial charge in [0.05, 0.1) is 17.7 Å². The third kappa shape index (κ3) is 5.56. The van der Waals surface area contributed by atoms with Crippen LogP contribution in [0.1, 0.15) is 44.5 Å². The van der Waals surface area contributed by atoms with Gasteiger partial charge in [-0.15, -0.1) is 11.3 Å². The van der Waals surface area contributed by atoms with Crippen molar-refractivity contribution >= 4 is 17.2 Å². The van der Waals surface area contributed by atoms with Crippen molar-refractivity contribution in [2.75, 3.05) is 20.2 Å². The molecule has 1 N–H and O–H groups in total. The Morgan fingerprint density at radius 1 is 1.60 bits per heavy atom. The molecule has 1 heterocycles. The fraction of sp³-hybridized carbons (Fsp3) is 0.714. The molecule has 1 aromatic rings. The van der Waals surface area contributed by atoms with Crippen molar-refractivity contribution in [3.8, 4) is 0 Å². The summed E-state index contributed by atoms with van der Waals surface area (Å²) in [5.74, 6) is -0.0481. The quantitative estimate of drug-likeness (QED) is 0.837. The summed E-state index contributed by atoms with van der Waals surface area (Å²) in [5.41, 5.74) is -0.134. The van der Waals surface area contributed by atoms with Gasteiger partial charge in [-0.3, -0.25) is 4.79 Å². The highest BCUT2D eigenvalue weighted by Crippen LogP contribution is 2.21. The molecule has 1 atom stereocenters. The third-order valence-electron chi connectivity index (χ3n) is 2.72. The van der Waals surface area contributed by atoms with E-state index in [4.69, 9.17) is 4.74 Å². The molecule has 0 spiro atoms. The second kappa shape index (κ2) is 7.15. The molecule has 20 heavy (non-hydrogen) atoms. The number of nitrogens with zero attached hydrogens (tertiary/aromatic N) is 2. The van der Waals surface area contributed by atoms with Crippen LogP contribution in [0.4, 0.5) is 0 Å². The third-order valence-corrected chi connectivity index (χ3v) is 3.77. The molecule has 0 radical (unpaired) electrons. The van der Waals surface area contributed by atoms with Crippen molar-refractivity contribution in [3.05, 3.63) is 16.1 Å². The number of hydrogen-bond acceptors (Lipinski definition) is 5. The predicted molar refractivity (Wildman–Crippen MR) is 79.8 cm³/mol. The molecular formula is C14H24N2O3S. The molecule has 5 nitrogen and oxygen atoms in total. The normalized spacial score (nSPS) is 13.3. The SMILES string of the molecule is CCOC(C)c1nc(CC(=O)N(C)CC(C)(C)O)cs1. The molecule has 0 bridgehead atoms. The van der Waals surface area contributed by atoms with E-state index in [0.29, 0.717) is 13.2 Å². The maximum Gasteiger partial charge on any atom is 0.228 e. The average Bonchev–Trinajstić information content (AvgIpc) is 2.75. The highest BCUT2D eigenvalue weighted by atomic mass is 32.1. The zero-order chi connectivity index (χ0) is 15.3. The lowest BCUT2D eigenvalue weighted by Gasteiger charge is -2.25. The van der Waals surface area contributed by atoms with E-state index in [-0.39, 0.29) is 18.4 Å². The lowest BCUT2D eigenvalue weighted by Crippen LogP contribution is -2.40. The van der Waals surface area contributed by atoms with Crippen molar-refractivity contribution in [1.82, 2.24) is 9.88 Å². The smallest absolute Gasteiger partial charge is 0.228 e. The Hall–Kier alpha value is -0.980. The number of carbonyl (C=O) groups is 1. The Kier molecular flexibility index (Phi) is 6.10. The van der Waals surface area contributed by atoms with Crippen LogP contribution in [0.2, 0.25) is 0 Å². The van der Waals surface area contributed by atoms with E-state index in [0.717, 1.165) is 10.7 Å². The number of aliphatic hydroxyl groups is 1. The minimum absolute atomic E-state index is 0.0389. The molecule has 0 saturated heterocycles. The Bertz CT molecular complexity index is 440. The van der Waals surface area contributed by atoms with Crippen LogP contribution >= 0.6 is 11.3 Å². The summed E-state index contributed by atoms with van der Waals surface area (Å²) in [7, 11) is 1.69. The minimum Gasteiger partial charge on any atom is -0.389 e. The number of ether oxygens (including phenoxy) is 1. The maximum absolute atomic E-state index is 12.0. The van der Waals surface area contributed by atoms with Gasteiger partial charge in [0.2, 0.25) is 5.91 Å². The maximum atomic E-state index is 12.0. The molecule has 1 rings (SSSR count). The van der Waals surface area contributed by atoms with E-state index in [1.54, 1.807) is 20.9 Å². The van der Waals surface area contributed by atoms with Crippen LogP contribution in [0.5, 0.6) is 0 Å². The number of hydrogen-bond donors (Lipinski definition) is 1. The fourth-order valence-corrected chi connectivity index (χ4v) is 2.69. The number of rotatable bonds is 7. The highest BCUT2D eigenvalue weighted by Gasteiger charge is 2.20. The number of carbonyl (C=O) groups excluding carboxylic acids is 1. The molecule has 0 fully saturated rings. The molecule has 6 heteroatoms. The molecular weight excluding hydrogens is 276 g/mol. The van der Waals surface area contributed by atoms with Gasteiger partial charge in [-0.25, -0.2) is 4.98 Å². The molecule has 1 aromatic heterocycles. The van der Waals surface area contributed by atoms with Gasteiger partial charge in [-0.2, -0.15) is 0 Å². The summed E-state index contributed by atoms with van der Waals surface area (Å²) >= 11 is 1.51. The van der Waals surface area contributed by atoms with E-state index >= 15 is 0 Å². The second-order valence-corrected chi connectivity index (χ2v) is 6.40. The first-order valence-corrected chi connectivity index (χ1v) is 7.63. The van der Waals surface area contributed by atoms with E-state index in [1.807, 2.05) is 19.2 Å². The van der Waals surface area contributed by atoms with Gasteiger partial charge in [0.15, 0.2) is 0 Å². The Balaban J connectivity index is 2.58. The van der Waals surface area contributed by atoms with Gasteiger partial charge in [0.25, 0.3) is 0 Å². The van der Waals surface area contributed by atoms with Crippen LogP contribution in [-0.2, 0) is 16.0 Å². The van der Waals surface area contributed by atoms with Crippen molar-refractivity contribution < 1.29 is 14.6 Å². The number of likely N-dealkylation sites (N-methyl/N-ethyl adjacent to an activating group) is 1. The summed E-state index contributed by atoms with van der Waals surface area (Å²) in [5, 5.41) is 12.5. The Labute approximate surface area is 124 Å². The van der Waals surface area contributed by atoms with Crippen molar-refractivity contribution in [3.63, 3.8) is 0 Å². The van der Waals surface area contributed by atoms with E-state index in [2.05, 4.69) is 4.98 Å². The van der Waals surface area contributed by atoms with Gasteiger partial charge >= 0.3 is 0 Å². The first-order chi connectivity index (χ1) is 9.23. The number of amides is 1. The van der Waals surface area contributed by atoms with Crippen LogP contribution in [0, 0.1) is 0 Å². The topological polar surface area (TPSA) is 62.7 Å². The molecule has 0 aliphatic carbocycles. The van der Waals surface area contributed by atoms with E-state index in [9.17, 15) is 9.90 Å². The van der Waals surface area contributed by atoms with Crippen LogP contribution in [0.25, 0.3) is 0 Å². The van der Waals surface area contributed by atoms with Gasteiger partial charge < -0.3 is 14.7 Å². The number of aromatic nitrogens is 1. The summed E-state index contributed by atoms with van der Waals surface area (Å²) in [6.07, 6.45) is 0.213. The fourth-order valence-electron chi connectivity index (χ4n) is 1.87. The lowest BCUT2D eigenvalue weighted by molar-refractivity contribution is -0.131. The molecule has 0 aromatic carbocycles. The zero-order valence-corrected chi connectivity index (χ0v) is 13.7. The summed E-state index contributed by atoms with van der Waals surface area (Å²) < 4.78 is 5.48. The summed E-state index contributed by atoms with van der Waals surface area (Å²) in [4.78, 5) is 18.0. The van der Waals surface area contributed by atoms with Crippen LogP contribution in [0.15, 0.2) is 5.38 Å². The highest BCUT2D eigenvalue weighted by molar-refractivity contribution is 7.09. The largest absolute Gasteiger partial charge is 0.389 e. The monoisotopic (exact) mass is 300 g/mol. The predicted octanol–water partition coefficient (Wildman–Crippen LogP) is 2.01. The van der Waals surface area contributed by atoms with Crippen molar-refractivity contribution in [2.24, 2.45) is 0 Å². The molecule has 1 amide bonds. The van der Waals surface area contributed by atoms with Crippen LogP contribution in [-0.4, -0.2) is 46.7 Å². The molecule has 114 valence electrons. The van der Waals surface area contributed by atoms with Gasteiger partial charge in [-0.05, 0) is 27.7 Å². The first kappa shape index (κ1) is 17.1. The number of thiazole rings is 1. The molecule has 0 aliphatic heterocycles.